The van der Waals surface area contributed by atoms with E-state index in [1.54, 1.807) is 36.4 Å². The number of nitrogens with one attached hydrogen (secondary N) is 3. The molecule has 130 valence electrons. The lowest BCUT2D eigenvalue weighted by molar-refractivity contribution is 0.0880. The number of imide groups is 1. The van der Waals surface area contributed by atoms with E-state index in [1.807, 2.05) is 0 Å². The molecule has 7 nitrogen and oxygen atoms in total. The molecule has 2 aromatic heterocycles. The molecule has 0 saturated carbocycles. The largest absolute Gasteiger partial charge is 0.506 e. The summed E-state index contributed by atoms with van der Waals surface area (Å²) in [5.41, 5.74) is 2.73. The van der Waals surface area contributed by atoms with Crippen molar-refractivity contribution in [1.29, 1.82) is 0 Å². The number of para-hydroxylation sites is 2. The normalized spacial score (nSPS) is 13.9. The van der Waals surface area contributed by atoms with Gasteiger partial charge in [-0.15, -0.1) is 0 Å². The zero-order chi connectivity index (χ0) is 18.4. The van der Waals surface area contributed by atoms with Crippen molar-refractivity contribution in [2.45, 2.75) is 0 Å². The monoisotopic (exact) mass is 357 g/mol. The predicted octanol–water partition coefficient (Wildman–Crippen LogP) is 3.25. The lowest BCUT2D eigenvalue weighted by atomic mass is 9.96. The molecule has 0 atom stereocenters. The third-order valence-electron chi connectivity index (χ3n) is 5.30. The molecule has 0 aliphatic carbocycles. The molecule has 1 aliphatic heterocycles. The van der Waals surface area contributed by atoms with Crippen LogP contribution < -0.4 is 5.32 Å². The number of amides is 2. The maximum Gasteiger partial charge on any atom is 0.259 e. The number of fused-ring (bicyclic) bond motifs is 10. The molecule has 0 bridgehead atoms. The second-order valence-corrected chi connectivity index (χ2v) is 6.68. The van der Waals surface area contributed by atoms with Gasteiger partial charge in [0.05, 0.1) is 33.2 Å². The Balaban J connectivity index is 2.03. The number of phenolic OH excluding ortho intramolecular Hbond substituents is 2. The Hall–Kier alpha value is -4.00. The van der Waals surface area contributed by atoms with Crippen LogP contribution in [-0.4, -0.2) is 32.0 Å². The Morgan fingerprint density at radius 3 is 1.52 bits per heavy atom. The zero-order valence-corrected chi connectivity index (χ0v) is 13.7. The average molecular weight is 357 g/mol. The number of carbonyl (C=O) groups excluding carboxylic acids is 2. The van der Waals surface area contributed by atoms with E-state index in [-0.39, 0.29) is 22.6 Å². The van der Waals surface area contributed by atoms with Crippen LogP contribution in [0, 0.1) is 0 Å². The van der Waals surface area contributed by atoms with E-state index < -0.39 is 11.8 Å². The van der Waals surface area contributed by atoms with Crippen molar-refractivity contribution in [2.75, 3.05) is 0 Å². The van der Waals surface area contributed by atoms with E-state index >= 15 is 0 Å². The van der Waals surface area contributed by atoms with Gasteiger partial charge in [-0.25, -0.2) is 0 Å². The fraction of sp³-hybridized carbons (Fsp3) is 0. The molecule has 0 radical (unpaired) electrons. The quantitative estimate of drug-likeness (QED) is 0.273. The molecule has 0 fully saturated rings. The summed E-state index contributed by atoms with van der Waals surface area (Å²) >= 11 is 0. The van der Waals surface area contributed by atoms with Gasteiger partial charge in [0.1, 0.15) is 11.5 Å². The zero-order valence-electron chi connectivity index (χ0n) is 13.7. The van der Waals surface area contributed by atoms with Gasteiger partial charge in [-0.2, -0.15) is 0 Å². The molecule has 7 heteroatoms. The van der Waals surface area contributed by atoms with Gasteiger partial charge in [0.2, 0.25) is 0 Å². The number of aromatic hydroxyl groups is 2. The number of H-pyrrole nitrogens is 2. The van der Waals surface area contributed by atoms with E-state index in [4.69, 9.17) is 0 Å². The lowest BCUT2D eigenvalue weighted by Gasteiger charge is -2.02. The number of carbonyl (C=O) groups is 2. The van der Waals surface area contributed by atoms with Gasteiger partial charge in [0.15, 0.2) is 0 Å². The molecule has 5 aromatic rings. The number of aromatic amines is 2. The third-order valence-corrected chi connectivity index (χ3v) is 5.30. The van der Waals surface area contributed by atoms with E-state index in [2.05, 4.69) is 15.3 Å². The van der Waals surface area contributed by atoms with Crippen molar-refractivity contribution in [1.82, 2.24) is 15.3 Å². The topological polar surface area (TPSA) is 118 Å². The fourth-order valence-corrected chi connectivity index (χ4v) is 4.23. The van der Waals surface area contributed by atoms with Crippen molar-refractivity contribution >= 4 is 55.4 Å². The standard InChI is InChI=1S/C20H11N3O4/c24-9-5-1-3-7-11-13-14(20(27)23-19(13)26)12-8-4-2-6-10(25)16(8)22-18(12)17(11)21-15(7)9/h1-6,21-22,24-25H,(H,23,26,27). The van der Waals surface area contributed by atoms with Crippen LogP contribution in [0.3, 0.4) is 0 Å². The van der Waals surface area contributed by atoms with Crippen LogP contribution in [0.5, 0.6) is 11.5 Å². The summed E-state index contributed by atoms with van der Waals surface area (Å²) in [6, 6.07) is 10.1. The molecule has 5 N–H and O–H groups in total. The first-order chi connectivity index (χ1) is 13.1. The Morgan fingerprint density at radius 2 is 1.07 bits per heavy atom. The first-order valence-corrected chi connectivity index (χ1v) is 8.34. The van der Waals surface area contributed by atoms with E-state index in [9.17, 15) is 19.8 Å². The first-order valence-electron chi connectivity index (χ1n) is 8.34. The van der Waals surface area contributed by atoms with E-state index in [0.717, 1.165) is 0 Å². The highest BCUT2D eigenvalue weighted by molar-refractivity contribution is 6.39. The number of hydrogen-bond donors (Lipinski definition) is 5. The summed E-state index contributed by atoms with van der Waals surface area (Å²) in [5.74, 6) is -0.843. The van der Waals surface area contributed by atoms with Gasteiger partial charge in [-0.1, -0.05) is 24.3 Å². The SMILES string of the molecule is O=C1NC(=O)c2c1c1c3cccc(O)c3[nH]c1c1[nH]c3c(O)cccc3c21. The smallest absolute Gasteiger partial charge is 0.259 e. The molecule has 3 heterocycles. The molecule has 27 heavy (non-hydrogen) atoms. The molecule has 3 aromatic carbocycles. The highest BCUT2D eigenvalue weighted by atomic mass is 16.3. The number of rotatable bonds is 0. The Labute approximate surface area is 150 Å². The van der Waals surface area contributed by atoms with Crippen LogP contribution in [0.4, 0.5) is 0 Å². The predicted molar refractivity (Wildman–Crippen MR) is 100 cm³/mol. The van der Waals surface area contributed by atoms with Crippen molar-refractivity contribution in [3.63, 3.8) is 0 Å². The second-order valence-electron chi connectivity index (χ2n) is 6.68. The first kappa shape index (κ1) is 14.2. The average Bonchev–Trinajstić information content (AvgIpc) is 3.28. The van der Waals surface area contributed by atoms with E-state index in [1.165, 1.54) is 0 Å². The van der Waals surface area contributed by atoms with Crippen molar-refractivity contribution in [3.05, 3.63) is 47.5 Å². The summed E-state index contributed by atoms with van der Waals surface area (Å²) in [4.78, 5) is 31.6. The molecule has 2 amide bonds. The summed E-state index contributed by atoms with van der Waals surface area (Å²) in [6.07, 6.45) is 0. The lowest BCUT2D eigenvalue weighted by Crippen LogP contribution is -2.20. The van der Waals surface area contributed by atoms with Gasteiger partial charge >= 0.3 is 0 Å². The number of aromatic nitrogens is 2. The minimum Gasteiger partial charge on any atom is -0.506 e. The van der Waals surface area contributed by atoms with Gasteiger partial charge < -0.3 is 20.2 Å². The van der Waals surface area contributed by atoms with Crippen LogP contribution in [0.2, 0.25) is 0 Å². The minimum absolute atomic E-state index is 0.0503. The summed E-state index contributed by atoms with van der Waals surface area (Å²) in [7, 11) is 0. The van der Waals surface area contributed by atoms with Gasteiger partial charge in [-0.05, 0) is 12.1 Å². The summed E-state index contributed by atoms with van der Waals surface area (Å²) in [6.45, 7) is 0. The van der Waals surface area contributed by atoms with Crippen LogP contribution in [0.1, 0.15) is 20.7 Å². The number of hydrogen-bond acceptors (Lipinski definition) is 4. The molecule has 1 aliphatic rings. The van der Waals surface area contributed by atoms with E-state index in [0.29, 0.717) is 43.6 Å². The Kier molecular flexibility index (Phi) is 2.31. The number of benzene rings is 3. The molecular weight excluding hydrogens is 346 g/mol. The summed E-state index contributed by atoms with van der Waals surface area (Å²) < 4.78 is 0. The van der Waals surface area contributed by atoms with Crippen molar-refractivity contribution in [2.24, 2.45) is 0 Å². The van der Waals surface area contributed by atoms with Gasteiger partial charge in [0, 0.05) is 21.5 Å². The highest BCUT2D eigenvalue weighted by Gasteiger charge is 2.35. The maximum absolute atomic E-state index is 12.6. The van der Waals surface area contributed by atoms with Gasteiger partial charge in [0.25, 0.3) is 11.8 Å². The fourth-order valence-electron chi connectivity index (χ4n) is 4.23. The molecule has 0 spiro atoms. The third kappa shape index (κ3) is 1.52. The molecule has 6 rings (SSSR count). The van der Waals surface area contributed by atoms with Crippen LogP contribution in [0.15, 0.2) is 36.4 Å². The molecule has 0 saturated heterocycles. The summed E-state index contributed by atoms with van der Waals surface area (Å²) in [5, 5.41) is 25.3. The van der Waals surface area contributed by atoms with Gasteiger partial charge in [-0.3, -0.25) is 14.9 Å². The second kappa shape index (κ2) is 4.39. The highest BCUT2D eigenvalue weighted by Crippen LogP contribution is 2.44. The van der Waals surface area contributed by atoms with Crippen LogP contribution >= 0.6 is 0 Å². The Bertz CT molecular complexity index is 1390. The molecule has 0 unspecified atom stereocenters. The number of phenols is 2. The maximum atomic E-state index is 12.6. The van der Waals surface area contributed by atoms with Crippen molar-refractivity contribution in [3.8, 4) is 11.5 Å². The Morgan fingerprint density at radius 1 is 0.630 bits per heavy atom. The van der Waals surface area contributed by atoms with Crippen LogP contribution in [-0.2, 0) is 0 Å². The van der Waals surface area contributed by atoms with Crippen LogP contribution in [0.25, 0.3) is 43.6 Å². The molecular formula is C20H11N3O4. The van der Waals surface area contributed by atoms with Crippen molar-refractivity contribution < 1.29 is 19.8 Å². The minimum atomic E-state index is -0.472.